The maximum absolute atomic E-state index is 13.9. The molecule has 0 aliphatic heterocycles. The quantitative estimate of drug-likeness (QED) is 0.257. The number of aliphatic hydroxyl groups is 1. The summed E-state index contributed by atoms with van der Waals surface area (Å²) in [4.78, 5) is 24.1. The Labute approximate surface area is 196 Å². The fraction of sp³-hybridized carbons (Fsp3) is 0.280. The number of allylic oxidation sites excluding steroid dienone is 1. The minimum atomic E-state index is -0.937. The van der Waals surface area contributed by atoms with E-state index in [1.165, 1.54) is 12.2 Å². The molecule has 2 aromatic carbocycles. The topological polar surface area (TPSA) is 94.1 Å². The number of hydrogen-bond donors (Lipinski definition) is 2. The molecule has 2 aromatic rings. The Morgan fingerprint density at radius 1 is 1.18 bits per heavy atom. The van der Waals surface area contributed by atoms with Gasteiger partial charge in [-0.1, -0.05) is 37.8 Å². The number of anilines is 1. The number of rotatable bonds is 12. The predicted molar refractivity (Wildman–Crippen MR) is 122 cm³/mol. The summed E-state index contributed by atoms with van der Waals surface area (Å²) in [5.74, 6) is -2.01. The second kappa shape index (κ2) is 13.7. The Kier molecular flexibility index (Phi) is 10.7. The van der Waals surface area contributed by atoms with Crippen molar-refractivity contribution in [2.45, 2.75) is 19.4 Å². The number of amides is 1. The van der Waals surface area contributed by atoms with Crippen LogP contribution in [0.1, 0.15) is 25.0 Å². The summed E-state index contributed by atoms with van der Waals surface area (Å²) >= 11 is 0. The third-order valence-corrected chi connectivity index (χ3v) is 4.59. The maximum atomic E-state index is 13.9. The van der Waals surface area contributed by atoms with Crippen LogP contribution in [0.15, 0.2) is 67.3 Å². The van der Waals surface area contributed by atoms with E-state index in [1.807, 2.05) is 6.92 Å². The van der Waals surface area contributed by atoms with Crippen molar-refractivity contribution in [2.24, 2.45) is 5.92 Å². The molecule has 0 aliphatic rings. The summed E-state index contributed by atoms with van der Waals surface area (Å²) < 4.78 is 42.8. The molecule has 0 saturated heterocycles. The average Bonchev–Trinajstić information content (AvgIpc) is 2.82. The van der Waals surface area contributed by atoms with Gasteiger partial charge < -0.3 is 19.3 Å². The molecule has 0 bridgehead atoms. The van der Waals surface area contributed by atoms with Crippen LogP contribution >= 0.6 is 0 Å². The Bertz CT molecular complexity index is 993. The van der Waals surface area contributed by atoms with Crippen LogP contribution in [0.25, 0.3) is 0 Å². The molecule has 7 nitrogen and oxygen atoms in total. The lowest BCUT2D eigenvalue weighted by atomic mass is 9.94. The molecule has 0 unspecified atom stereocenters. The monoisotopic (exact) mass is 475 g/mol. The Hall–Kier alpha value is -3.72. The lowest BCUT2D eigenvalue weighted by Gasteiger charge is -2.24. The van der Waals surface area contributed by atoms with Gasteiger partial charge in [-0.05, 0) is 36.2 Å². The van der Waals surface area contributed by atoms with E-state index >= 15 is 0 Å². The van der Waals surface area contributed by atoms with E-state index in [0.29, 0.717) is 23.8 Å². The van der Waals surface area contributed by atoms with Crippen LogP contribution in [0.2, 0.25) is 0 Å². The predicted octanol–water partition coefficient (Wildman–Crippen LogP) is 4.94. The standard InChI is InChI=1S/C25H27F2NO6/c1-3-14-33-23(30)6-4-5-17(2)24(18-7-10-20(11-8-18)32-15-13-29)34-25(31)28-22-12-9-19(26)16-21(22)27/h3-4,6-12,16-17,24,29H,1,5,13-15H2,2H3,(H,28,31)/b6-4+/t17-,24+/m0/s1. The fourth-order valence-corrected chi connectivity index (χ4v) is 2.97. The van der Waals surface area contributed by atoms with Gasteiger partial charge in [0.25, 0.3) is 0 Å². The van der Waals surface area contributed by atoms with Crippen molar-refractivity contribution in [1.29, 1.82) is 0 Å². The fourth-order valence-electron chi connectivity index (χ4n) is 2.97. The number of halogens is 2. The largest absolute Gasteiger partial charge is 0.491 e. The van der Waals surface area contributed by atoms with E-state index < -0.39 is 29.8 Å². The van der Waals surface area contributed by atoms with Crippen LogP contribution in [0.4, 0.5) is 19.3 Å². The van der Waals surface area contributed by atoms with Crippen molar-refractivity contribution in [3.63, 3.8) is 0 Å². The first kappa shape index (κ1) is 26.5. The van der Waals surface area contributed by atoms with Gasteiger partial charge in [0.2, 0.25) is 0 Å². The third-order valence-electron chi connectivity index (χ3n) is 4.59. The van der Waals surface area contributed by atoms with Gasteiger partial charge in [0.05, 0.1) is 12.3 Å². The Morgan fingerprint density at radius 2 is 1.91 bits per heavy atom. The van der Waals surface area contributed by atoms with E-state index in [-0.39, 0.29) is 31.4 Å². The van der Waals surface area contributed by atoms with Crippen LogP contribution in [-0.4, -0.2) is 37.0 Å². The zero-order valence-corrected chi connectivity index (χ0v) is 18.7. The first-order valence-electron chi connectivity index (χ1n) is 10.5. The zero-order chi connectivity index (χ0) is 24.9. The van der Waals surface area contributed by atoms with Crippen LogP contribution < -0.4 is 10.1 Å². The van der Waals surface area contributed by atoms with Gasteiger partial charge >= 0.3 is 12.1 Å². The molecule has 34 heavy (non-hydrogen) atoms. The summed E-state index contributed by atoms with van der Waals surface area (Å²) in [5.41, 5.74) is 0.400. The number of carbonyl (C=O) groups excluding carboxylic acids is 2. The summed E-state index contributed by atoms with van der Waals surface area (Å²) in [6, 6.07) is 9.47. The minimum absolute atomic E-state index is 0.0925. The highest BCUT2D eigenvalue weighted by molar-refractivity contribution is 5.85. The molecule has 0 saturated carbocycles. The van der Waals surface area contributed by atoms with Gasteiger partial charge in [0, 0.05) is 18.1 Å². The SMILES string of the molecule is C=CCOC(=O)/C=C/C[C@H](C)[C@@H](OC(=O)Nc1ccc(F)cc1F)c1ccc(OCCO)cc1. The van der Waals surface area contributed by atoms with Gasteiger partial charge in [-0.2, -0.15) is 0 Å². The van der Waals surface area contributed by atoms with Crippen molar-refractivity contribution in [3.05, 3.63) is 84.5 Å². The lowest BCUT2D eigenvalue weighted by Crippen LogP contribution is -2.22. The van der Waals surface area contributed by atoms with Crippen molar-refractivity contribution < 1.29 is 37.7 Å². The van der Waals surface area contributed by atoms with Gasteiger partial charge in [-0.3, -0.25) is 5.32 Å². The molecule has 2 N–H and O–H groups in total. The first-order chi connectivity index (χ1) is 16.3. The second-order valence-electron chi connectivity index (χ2n) is 7.25. The molecule has 0 aromatic heterocycles. The molecule has 0 fully saturated rings. The summed E-state index contributed by atoms with van der Waals surface area (Å²) in [5, 5.41) is 11.2. The molecule has 1 amide bonds. The lowest BCUT2D eigenvalue weighted by molar-refractivity contribution is -0.136. The van der Waals surface area contributed by atoms with E-state index in [9.17, 15) is 18.4 Å². The third kappa shape index (κ3) is 8.67. The second-order valence-corrected chi connectivity index (χ2v) is 7.25. The van der Waals surface area contributed by atoms with Crippen LogP contribution in [0.3, 0.4) is 0 Å². The Balaban J connectivity index is 2.15. The normalized spacial score (nSPS) is 12.6. The molecule has 0 heterocycles. The van der Waals surface area contributed by atoms with Crippen LogP contribution in [-0.2, 0) is 14.3 Å². The highest BCUT2D eigenvalue weighted by atomic mass is 19.1. The van der Waals surface area contributed by atoms with Crippen LogP contribution in [0, 0.1) is 17.6 Å². The van der Waals surface area contributed by atoms with Gasteiger partial charge in [-0.25, -0.2) is 18.4 Å². The van der Waals surface area contributed by atoms with Crippen molar-refractivity contribution in [1.82, 2.24) is 0 Å². The van der Waals surface area contributed by atoms with E-state index in [4.69, 9.17) is 19.3 Å². The summed E-state index contributed by atoms with van der Waals surface area (Å²) in [6.45, 7) is 5.37. The summed E-state index contributed by atoms with van der Waals surface area (Å²) in [6.07, 6.45) is 2.98. The maximum Gasteiger partial charge on any atom is 0.412 e. The highest BCUT2D eigenvalue weighted by Gasteiger charge is 2.24. The molecule has 0 radical (unpaired) electrons. The van der Waals surface area contributed by atoms with Crippen molar-refractivity contribution in [3.8, 4) is 5.75 Å². The number of carbonyl (C=O) groups is 2. The average molecular weight is 475 g/mol. The molecule has 9 heteroatoms. The minimum Gasteiger partial charge on any atom is -0.491 e. The first-order valence-corrected chi connectivity index (χ1v) is 10.5. The van der Waals surface area contributed by atoms with Crippen molar-refractivity contribution >= 4 is 17.7 Å². The number of nitrogens with one attached hydrogen (secondary N) is 1. The molecular formula is C25H27F2NO6. The number of aliphatic hydroxyl groups excluding tert-OH is 1. The van der Waals surface area contributed by atoms with Gasteiger partial charge in [-0.15, -0.1) is 0 Å². The number of ether oxygens (including phenoxy) is 3. The van der Waals surface area contributed by atoms with Gasteiger partial charge in [0.1, 0.15) is 36.7 Å². The van der Waals surface area contributed by atoms with E-state index in [0.717, 1.165) is 12.1 Å². The summed E-state index contributed by atoms with van der Waals surface area (Å²) in [7, 11) is 0. The number of esters is 1. The molecule has 2 rings (SSSR count). The van der Waals surface area contributed by atoms with E-state index in [2.05, 4.69) is 11.9 Å². The smallest absolute Gasteiger partial charge is 0.412 e. The number of hydrogen-bond acceptors (Lipinski definition) is 6. The van der Waals surface area contributed by atoms with E-state index in [1.54, 1.807) is 30.3 Å². The van der Waals surface area contributed by atoms with Crippen LogP contribution in [0.5, 0.6) is 5.75 Å². The molecule has 182 valence electrons. The molecule has 2 atom stereocenters. The Morgan fingerprint density at radius 3 is 2.56 bits per heavy atom. The van der Waals surface area contributed by atoms with Gasteiger partial charge in [0.15, 0.2) is 0 Å². The highest BCUT2D eigenvalue weighted by Crippen LogP contribution is 2.31. The van der Waals surface area contributed by atoms with Crippen molar-refractivity contribution in [2.75, 3.05) is 25.1 Å². The number of benzene rings is 2. The molecular weight excluding hydrogens is 448 g/mol. The molecule has 0 aliphatic carbocycles. The molecule has 0 spiro atoms. The zero-order valence-electron chi connectivity index (χ0n) is 18.7.